The number of anilines is 1. The lowest BCUT2D eigenvalue weighted by atomic mass is 10.2. The number of thioether (sulfide) groups is 1. The molecule has 0 atom stereocenters. The van der Waals surface area contributed by atoms with Gasteiger partial charge in [-0.1, -0.05) is 48.0 Å². The maximum atomic E-state index is 13.3. The number of piperazine rings is 1. The molecular weight excluding hydrogens is 584 g/mol. The van der Waals surface area contributed by atoms with Crippen LogP contribution < -0.4 is 10.2 Å². The first kappa shape index (κ1) is 28.9. The minimum atomic E-state index is -3.79. The Bertz CT molecular complexity index is 1590. The zero-order valence-electron chi connectivity index (χ0n) is 21.9. The van der Waals surface area contributed by atoms with Gasteiger partial charge in [-0.05, 0) is 65.9 Å². The highest BCUT2D eigenvalue weighted by atomic mass is 35.5. The first-order valence-corrected chi connectivity index (χ1v) is 15.6. The van der Waals surface area contributed by atoms with Gasteiger partial charge in [-0.25, -0.2) is 8.42 Å². The van der Waals surface area contributed by atoms with E-state index in [1.54, 1.807) is 30.3 Å². The number of rotatable bonds is 8. The molecule has 0 aromatic heterocycles. The van der Waals surface area contributed by atoms with Crippen LogP contribution in [0.5, 0.6) is 0 Å². The standard InChI is InChI=1S/C29H27ClN4O5S2/c30-23-11-9-21(10-12-23)19-26-28(36)34(29(37)40-26)14-13-31-27(35)22-5-4-8-25(20-22)41(38,39)33-17-15-32(16-18-33)24-6-2-1-3-7-24/h1-12,19-20H,13-18H2,(H,31,35)/b26-19-. The number of benzene rings is 3. The normalized spacial score (nSPS) is 17.3. The van der Waals surface area contributed by atoms with Gasteiger partial charge < -0.3 is 10.2 Å². The second-order valence-electron chi connectivity index (χ2n) is 9.40. The van der Waals surface area contributed by atoms with Crippen molar-refractivity contribution in [3.8, 4) is 0 Å². The van der Waals surface area contributed by atoms with E-state index in [4.69, 9.17) is 11.6 Å². The number of nitrogens with zero attached hydrogens (tertiary/aromatic N) is 3. The van der Waals surface area contributed by atoms with Gasteiger partial charge in [0, 0.05) is 55.5 Å². The van der Waals surface area contributed by atoms with E-state index in [0.29, 0.717) is 31.2 Å². The lowest BCUT2D eigenvalue weighted by molar-refractivity contribution is -0.122. The second-order valence-corrected chi connectivity index (χ2v) is 12.8. The monoisotopic (exact) mass is 610 g/mol. The molecule has 2 aliphatic rings. The molecule has 212 valence electrons. The maximum Gasteiger partial charge on any atom is 0.293 e. The van der Waals surface area contributed by atoms with Gasteiger partial charge in [0.1, 0.15) is 0 Å². The smallest absolute Gasteiger partial charge is 0.293 e. The molecule has 0 spiro atoms. The van der Waals surface area contributed by atoms with Crippen molar-refractivity contribution in [1.29, 1.82) is 0 Å². The van der Waals surface area contributed by atoms with Crippen molar-refractivity contribution in [3.05, 3.63) is 99.9 Å². The van der Waals surface area contributed by atoms with Gasteiger partial charge in [-0.2, -0.15) is 4.31 Å². The minimum Gasteiger partial charge on any atom is -0.369 e. The predicted octanol–water partition coefficient (Wildman–Crippen LogP) is 4.32. The zero-order chi connectivity index (χ0) is 29.0. The number of nitrogens with one attached hydrogen (secondary N) is 1. The van der Waals surface area contributed by atoms with Gasteiger partial charge in [0.15, 0.2) is 0 Å². The molecule has 9 nitrogen and oxygen atoms in total. The van der Waals surface area contributed by atoms with Crippen molar-refractivity contribution >= 4 is 62.2 Å². The summed E-state index contributed by atoms with van der Waals surface area (Å²) in [5.74, 6) is -0.940. The van der Waals surface area contributed by atoms with Crippen LogP contribution in [-0.2, 0) is 14.8 Å². The molecular formula is C29H27ClN4O5S2. The molecule has 2 saturated heterocycles. The van der Waals surface area contributed by atoms with Crippen molar-refractivity contribution in [2.24, 2.45) is 0 Å². The number of hydrogen-bond acceptors (Lipinski definition) is 7. The maximum absolute atomic E-state index is 13.3. The number of amides is 3. The third kappa shape index (κ3) is 6.65. The van der Waals surface area contributed by atoms with E-state index in [-0.39, 0.29) is 28.5 Å². The van der Waals surface area contributed by atoms with Gasteiger partial charge >= 0.3 is 0 Å². The summed E-state index contributed by atoms with van der Waals surface area (Å²) in [5, 5.41) is 2.82. The van der Waals surface area contributed by atoms with Crippen LogP contribution in [-0.4, -0.2) is 73.9 Å². The molecule has 5 rings (SSSR count). The number of para-hydroxylation sites is 1. The molecule has 0 radical (unpaired) electrons. The first-order chi connectivity index (χ1) is 19.7. The highest BCUT2D eigenvalue weighted by Gasteiger charge is 2.35. The van der Waals surface area contributed by atoms with Crippen molar-refractivity contribution in [2.45, 2.75) is 4.90 Å². The molecule has 2 heterocycles. The predicted molar refractivity (Wildman–Crippen MR) is 160 cm³/mol. The Morgan fingerprint density at radius 2 is 1.63 bits per heavy atom. The number of carbonyl (C=O) groups excluding carboxylic acids is 3. The van der Waals surface area contributed by atoms with Gasteiger partial charge in [-0.15, -0.1) is 0 Å². The quantitative estimate of drug-likeness (QED) is 0.379. The van der Waals surface area contributed by atoms with E-state index in [0.717, 1.165) is 27.9 Å². The molecule has 3 aromatic rings. The molecule has 12 heteroatoms. The number of sulfonamides is 1. The SMILES string of the molecule is O=C(NCCN1C(=O)S/C(=C\c2ccc(Cl)cc2)C1=O)c1cccc(S(=O)(=O)N2CCN(c3ccccc3)CC2)c1. The molecule has 3 aromatic carbocycles. The number of halogens is 1. The zero-order valence-corrected chi connectivity index (χ0v) is 24.3. The third-order valence-electron chi connectivity index (χ3n) is 6.76. The molecule has 41 heavy (non-hydrogen) atoms. The van der Waals surface area contributed by atoms with Crippen molar-refractivity contribution in [3.63, 3.8) is 0 Å². The Balaban J connectivity index is 1.17. The summed E-state index contributed by atoms with van der Waals surface area (Å²) in [6, 6.07) is 22.6. The summed E-state index contributed by atoms with van der Waals surface area (Å²) in [6.45, 7) is 1.79. The second kappa shape index (κ2) is 12.5. The Kier molecular flexibility index (Phi) is 8.79. The van der Waals surface area contributed by atoms with E-state index in [2.05, 4.69) is 10.2 Å². The fraction of sp³-hybridized carbons (Fsp3) is 0.207. The lowest BCUT2D eigenvalue weighted by Crippen LogP contribution is -2.48. The van der Waals surface area contributed by atoms with Crippen molar-refractivity contribution < 1.29 is 22.8 Å². The molecule has 2 fully saturated rings. The van der Waals surface area contributed by atoms with Gasteiger partial charge in [0.25, 0.3) is 17.1 Å². The highest BCUT2D eigenvalue weighted by molar-refractivity contribution is 8.18. The summed E-state index contributed by atoms with van der Waals surface area (Å²) in [6.07, 6.45) is 1.62. The number of carbonyl (C=O) groups is 3. The summed E-state index contributed by atoms with van der Waals surface area (Å²) in [5.41, 5.74) is 1.96. The van der Waals surface area contributed by atoms with E-state index in [1.165, 1.54) is 28.6 Å². The van der Waals surface area contributed by atoms with E-state index in [1.807, 2.05) is 30.3 Å². The van der Waals surface area contributed by atoms with Gasteiger partial charge in [0.2, 0.25) is 10.0 Å². The average molecular weight is 611 g/mol. The van der Waals surface area contributed by atoms with E-state index in [9.17, 15) is 22.8 Å². The summed E-state index contributed by atoms with van der Waals surface area (Å²) >= 11 is 6.73. The van der Waals surface area contributed by atoms with Crippen LogP contribution in [0.1, 0.15) is 15.9 Å². The summed E-state index contributed by atoms with van der Waals surface area (Å²) in [4.78, 5) is 41.5. The lowest BCUT2D eigenvalue weighted by Gasteiger charge is -2.35. The fourth-order valence-corrected chi connectivity index (χ4v) is 7.02. The molecule has 2 aliphatic heterocycles. The molecule has 0 saturated carbocycles. The first-order valence-electron chi connectivity index (χ1n) is 12.9. The van der Waals surface area contributed by atoms with Crippen LogP contribution in [0.15, 0.2) is 88.7 Å². The molecule has 0 unspecified atom stereocenters. The van der Waals surface area contributed by atoms with Crippen LogP contribution in [0.4, 0.5) is 10.5 Å². The number of hydrogen-bond donors (Lipinski definition) is 1. The molecule has 0 bridgehead atoms. The van der Waals surface area contributed by atoms with Crippen LogP contribution in [0, 0.1) is 0 Å². The fourth-order valence-electron chi connectivity index (χ4n) is 4.56. The Morgan fingerprint density at radius 1 is 0.927 bits per heavy atom. The topological polar surface area (TPSA) is 107 Å². The Labute approximate surface area is 247 Å². The molecule has 1 N–H and O–H groups in total. The highest BCUT2D eigenvalue weighted by Crippen LogP contribution is 2.32. The summed E-state index contributed by atoms with van der Waals surface area (Å²) in [7, 11) is -3.79. The summed E-state index contributed by atoms with van der Waals surface area (Å²) < 4.78 is 28.1. The number of imide groups is 1. The van der Waals surface area contributed by atoms with Crippen LogP contribution in [0.2, 0.25) is 5.02 Å². The largest absolute Gasteiger partial charge is 0.369 e. The molecule has 3 amide bonds. The van der Waals surface area contributed by atoms with Crippen molar-refractivity contribution in [2.75, 3.05) is 44.2 Å². The minimum absolute atomic E-state index is 0.0158. The van der Waals surface area contributed by atoms with Gasteiger partial charge in [0.05, 0.1) is 9.80 Å². The Morgan fingerprint density at radius 3 is 2.34 bits per heavy atom. The van der Waals surface area contributed by atoms with E-state index >= 15 is 0 Å². The van der Waals surface area contributed by atoms with Crippen LogP contribution in [0.25, 0.3) is 6.08 Å². The average Bonchev–Trinajstić information content (AvgIpc) is 3.26. The van der Waals surface area contributed by atoms with Crippen LogP contribution in [0.3, 0.4) is 0 Å². The van der Waals surface area contributed by atoms with Crippen molar-refractivity contribution in [1.82, 2.24) is 14.5 Å². The Hall–Kier alpha value is -3.64. The van der Waals surface area contributed by atoms with Gasteiger partial charge in [-0.3, -0.25) is 19.3 Å². The van der Waals surface area contributed by atoms with E-state index < -0.39 is 27.1 Å². The van der Waals surface area contributed by atoms with Crippen LogP contribution >= 0.6 is 23.4 Å². The third-order valence-corrected chi connectivity index (χ3v) is 9.81. The molecule has 0 aliphatic carbocycles.